The van der Waals surface area contributed by atoms with Gasteiger partial charge in [-0.3, -0.25) is 14.9 Å². The van der Waals surface area contributed by atoms with Crippen molar-refractivity contribution in [1.29, 1.82) is 0 Å². The standard InChI is InChI=1S/C4H3NO2.C4H8/c6-3-1-2-4(7)5-3;1-4(2)3/h1-2H,(H,5,6,7);1H2,2-3H3. The predicted octanol–water partition coefficient (Wildman–Crippen LogP) is 0.781. The van der Waals surface area contributed by atoms with Gasteiger partial charge in [-0.1, -0.05) is 5.57 Å². The monoisotopic (exact) mass is 153 g/mol. The zero-order chi connectivity index (χ0) is 8.85. The van der Waals surface area contributed by atoms with Crippen molar-refractivity contribution in [3.63, 3.8) is 0 Å². The maximum absolute atomic E-state index is 10.0. The molecule has 1 rings (SSSR count). The number of amides is 2. The maximum Gasteiger partial charge on any atom is 0.250 e. The van der Waals surface area contributed by atoms with Crippen LogP contribution in [0.4, 0.5) is 0 Å². The molecular weight excluding hydrogens is 142 g/mol. The highest BCUT2D eigenvalue weighted by Crippen LogP contribution is 1.82. The molecule has 11 heavy (non-hydrogen) atoms. The first-order valence-corrected chi connectivity index (χ1v) is 3.17. The molecule has 0 unspecified atom stereocenters. The molecule has 0 atom stereocenters. The minimum Gasteiger partial charge on any atom is -0.289 e. The molecule has 0 aromatic rings. The SMILES string of the molecule is C=C(C)C.O=C1C=CC(=O)N1. The van der Waals surface area contributed by atoms with Gasteiger partial charge in [0.05, 0.1) is 0 Å². The van der Waals surface area contributed by atoms with E-state index in [4.69, 9.17) is 0 Å². The fraction of sp³-hybridized carbons (Fsp3) is 0.250. The Kier molecular flexibility index (Phi) is 3.88. The van der Waals surface area contributed by atoms with Crippen LogP contribution in [0.3, 0.4) is 0 Å². The van der Waals surface area contributed by atoms with Gasteiger partial charge in [-0.2, -0.15) is 0 Å². The molecule has 1 aliphatic heterocycles. The normalized spacial score (nSPS) is 13.6. The van der Waals surface area contributed by atoms with E-state index in [-0.39, 0.29) is 11.8 Å². The maximum atomic E-state index is 10.0. The average Bonchev–Trinajstić information content (AvgIpc) is 2.13. The summed E-state index contributed by atoms with van der Waals surface area (Å²) >= 11 is 0. The van der Waals surface area contributed by atoms with Crippen LogP contribution >= 0.6 is 0 Å². The first-order chi connectivity index (χ1) is 5.02. The third-order valence-electron chi connectivity index (χ3n) is 0.632. The molecule has 0 bridgehead atoms. The molecule has 2 amide bonds. The second-order valence-corrected chi connectivity index (χ2v) is 2.39. The molecule has 0 saturated heterocycles. The minimum absolute atomic E-state index is 0.329. The van der Waals surface area contributed by atoms with E-state index in [0.29, 0.717) is 0 Å². The van der Waals surface area contributed by atoms with E-state index >= 15 is 0 Å². The van der Waals surface area contributed by atoms with Crippen molar-refractivity contribution in [1.82, 2.24) is 5.32 Å². The molecule has 0 spiro atoms. The lowest BCUT2D eigenvalue weighted by molar-refractivity contribution is -0.123. The Bertz CT molecular complexity index is 196. The Morgan fingerprint density at radius 3 is 1.64 bits per heavy atom. The molecule has 0 aromatic carbocycles. The van der Waals surface area contributed by atoms with Gasteiger partial charge in [0.1, 0.15) is 0 Å². The van der Waals surface area contributed by atoms with Gasteiger partial charge in [0, 0.05) is 12.2 Å². The molecule has 3 nitrogen and oxygen atoms in total. The zero-order valence-electron chi connectivity index (χ0n) is 6.68. The molecule has 0 radical (unpaired) electrons. The highest BCUT2D eigenvalue weighted by atomic mass is 16.2. The smallest absolute Gasteiger partial charge is 0.250 e. The molecular formula is C8H11NO2. The minimum atomic E-state index is -0.329. The number of imide groups is 1. The fourth-order valence-electron chi connectivity index (χ4n) is 0.356. The van der Waals surface area contributed by atoms with Crippen molar-refractivity contribution in [2.45, 2.75) is 13.8 Å². The molecule has 1 N–H and O–H groups in total. The van der Waals surface area contributed by atoms with E-state index in [1.807, 2.05) is 19.2 Å². The number of hydrogen-bond donors (Lipinski definition) is 1. The molecule has 60 valence electrons. The van der Waals surface area contributed by atoms with Crippen LogP contribution in [0.1, 0.15) is 13.8 Å². The average molecular weight is 153 g/mol. The first-order valence-electron chi connectivity index (χ1n) is 3.17. The number of nitrogens with one attached hydrogen (secondary N) is 1. The Balaban J connectivity index is 0.000000218. The number of carbonyl (C=O) groups excluding carboxylic acids is 2. The van der Waals surface area contributed by atoms with E-state index in [2.05, 4.69) is 6.58 Å². The van der Waals surface area contributed by atoms with Gasteiger partial charge in [-0.05, 0) is 13.8 Å². The second kappa shape index (κ2) is 4.44. The van der Waals surface area contributed by atoms with Gasteiger partial charge in [-0.15, -0.1) is 6.58 Å². The topological polar surface area (TPSA) is 46.2 Å². The van der Waals surface area contributed by atoms with E-state index in [0.717, 1.165) is 0 Å². The summed E-state index contributed by atoms with van der Waals surface area (Å²) in [7, 11) is 0. The highest BCUT2D eigenvalue weighted by molar-refractivity contribution is 6.12. The quantitative estimate of drug-likeness (QED) is 0.413. The summed E-state index contributed by atoms with van der Waals surface area (Å²) in [5, 5.41) is 2.03. The Labute approximate surface area is 65.8 Å². The van der Waals surface area contributed by atoms with Crippen LogP contribution in [0.25, 0.3) is 0 Å². The summed E-state index contributed by atoms with van der Waals surface area (Å²) in [6.45, 7) is 7.50. The molecule has 0 aliphatic carbocycles. The first kappa shape index (κ1) is 9.62. The van der Waals surface area contributed by atoms with Gasteiger partial charge in [0.2, 0.25) is 0 Å². The largest absolute Gasteiger partial charge is 0.289 e. The van der Waals surface area contributed by atoms with Crippen LogP contribution in [0.2, 0.25) is 0 Å². The summed E-state index contributed by atoms with van der Waals surface area (Å²) in [4.78, 5) is 20.1. The van der Waals surface area contributed by atoms with Gasteiger partial charge in [0.25, 0.3) is 11.8 Å². The van der Waals surface area contributed by atoms with Crippen molar-refractivity contribution < 1.29 is 9.59 Å². The fourth-order valence-corrected chi connectivity index (χ4v) is 0.356. The van der Waals surface area contributed by atoms with Gasteiger partial charge < -0.3 is 0 Å². The third-order valence-corrected chi connectivity index (χ3v) is 0.632. The van der Waals surface area contributed by atoms with Crippen molar-refractivity contribution in [3.05, 3.63) is 24.3 Å². The van der Waals surface area contributed by atoms with Crippen LogP contribution in [0.15, 0.2) is 24.3 Å². The number of rotatable bonds is 0. The van der Waals surface area contributed by atoms with Crippen molar-refractivity contribution in [2.24, 2.45) is 0 Å². The second-order valence-electron chi connectivity index (χ2n) is 2.39. The lowest BCUT2D eigenvalue weighted by atomic mass is 10.4. The summed E-state index contributed by atoms with van der Waals surface area (Å²) in [6, 6.07) is 0. The lowest BCUT2D eigenvalue weighted by Gasteiger charge is -1.80. The molecule has 0 saturated carbocycles. The zero-order valence-corrected chi connectivity index (χ0v) is 6.68. The molecule has 1 heterocycles. The number of hydrogen-bond acceptors (Lipinski definition) is 2. The van der Waals surface area contributed by atoms with Crippen molar-refractivity contribution >= 4 is 11.8 Å². The molecule has 0 aromatic heterocycles. The van der Waals surface area contributed by atoms with Crippen LogP contribution in [0, 0.1) is 0 Å². The Hall–Kier alpha value is -1.38. The lowest BCUT2D eigenvalue weighted by Crippen LogP contribution is -2.19. The summed E-state index contributed by atoms with van der Waals surface area (Å²) < 4.78 is 0. The summed E-state index contributed by atoms with van der Waals surface area (Å²) in [6.07, 6.45) is 2.39. The van der Waals surface area contributed by atoms with Crippen molar-refractivity contribution in [2.75, 3.05) is 0 Å². The Morgan fingerprint density at radius 2 is 1.55 bits per heavy atom. The molecule has 3 heteroatoms. The highest BCUT2D eigenvalue weighted by Gasteiger charge is 2.06. The van der Waals surface area contributed by atoms with Crippen LogP contribution in [0.5, 0.6) is 0 Å². The van der Waals surface area contributed by atoms with Crippen LogP contribution in [-0.4, -0.2) is 11.8 Å². The van der Waals surface area contributed by atoms with E-state index in [1.165, 1.54) is 17.7 Å². The van der Waals surface area contributed by atoms with Gasteiger partial charge in [0.15, 0.2) is 0 Å². The van der Waals surface area contributed by atoms with Crippen molar-refractivity contribution in [3.8, 4) is 0 Å². The number of allylic oxidation sites excluding steroid dienone is 1. The Morgan fingerprint density at radius 1 is 1.27 bits per heavy atom. The predicted molar refractivity (Wildman–Crippen MR) is 42.8 cm³/mol. The van der Waals surface area contributed by atoms with E-state index < -0.39 is 0 Å². The number of carbonyl (C=O) groups is 2. The van der Waals surface area contributed by atoms with Crippen LogP contribution < -0.4 is 5.32 Å². The molecule has 0 fully saturated rings. The summed E-state index contributed by atoms with van der Waals surface area (Å²) in [5.74, 6) is -0.657. The molecule has 1 aliphatic rings. The van der Waals surface area contributed by atoms with Gasteiger partial charge in [-0.25, -0.2) is 0 Å². The third kappa shape index (κ3) is 6.51. The van der Waals surface area contributed by atoms with E-state index in [1.54, 1.807) is 0 Å². The van der Waals surface area contributed by atoms with E-state index in [9.17, 15) is 9.59 Å². The summed E-state index contributed by atoms with van der Waals surface area (Å²) in [5.41, 5.74) is 1.17. The van der Waals surface area contributed by atoms with Crippen LogP contribution in [-0.2, 0) is 9.59 Å². The van der Waals surface area contributed by atoms with Gasteiger partial charge >= 0.3 is 0 Å².